The fourth-order valence-corrected chi connectivity index (χ4v) is 2.74. The van der Waals surface area contributed by atoms with E-state index in [1.54, 1.807) is 17.4 Å². The van der Waals surface area contributed by atoms with Crippen LogP contribution in [0.2, 0.25) is 0 Å². The molecule has 0 amide bonds. The molecule has 0 unspecified atom stereocenters. The Kier molecular flexibility index (Phi) is 5.64. The molecule has 3 nitrogen and oxygen atoms in total. The van der Waals surface area contributed by atoms with Crippen molar-refractivity contribution < 1.29 is 4.39 Å². The molecule has 1 aromatic carbocycles. The molecule has 0 saturated heterocycles. The molecule has 2 aromatic rings. The van der Waals surface area contributed by atoms with E-state index in [9.17, 15) is 4.39 Å². The summed E-state index contributed by atoms with van der Waals surface area (Å²) < 4.78 is 13.6. The second kappa shape index (κ2) is 7.47. The summed E-state index contributed by atoms with van der Waals surface area (Å²) in [5.41, 5.74) is 1.76. The number of nitrogens with one attached hydrogen (secondary N) is 1. The standard InChI is InChI=1S/C15H20FN3S/c1-3-17-8-15-18-13(11-20-15)10-19(2)9-12-6-4-5-7-14(12)16/h4-7,11,17H,3,8-10H2,1-2H3. The maximum Gasteiger partial charge on any atom is 0.127 e. The number of thiazole rings is 1. The molecule has 0 aliphatic heterocycles. The molecule has 0 radical (unpaired) electrons. The molecule has 0 saturated carbocycles. The zero-order valence-corrected chi connectivity index (χ0v) is 12.7. The predicted octanol–water partition coefficient (Wildman–Crippen LogP) is 3.02. The maximum atomic E-state index is 13.6. The molecule has 1 N–H and O–H groups in total. The van der Waals surface area contributed by atoms with Crippen LogP contribution in [0.15, 0.2) is 29.6 Å². The largest absolute Gasteiger partial charge is 0.311 e. The quantitative estimate of drug-likeness (QED) is 0.850. The highest BCUT2D eigenvalue weighted by Gasteiger charge is 2.08. The fourth-order valence-electron chi connectivity index (χ4n) is 1.98. The predicted molar refractivity (Wildman–Crippen MR) is 81.1 cm³/mol. The van der Waals surface area contributed by atoms with Crippen molar-refractivity contribution in [2.24, 2.45) is 0 Å². The molecule has 0 atom stereocenters. The van der Waals surface area contributed by atoms with Gasteiger partial charge in [0, 0.05) is 30.6 Å². The van der Waals surface area contributed by atoms with Gasteiger partial charge in [0.15, 0.2) is 0 Å². The van der Waals surface area contributed by atoms with Crippen molar-refractivity contribution >= 4 is 11.3 Å². The first-order chi connectivity index (χ1) is 9.69. The van der Waals surface area contributed by atoms with Crippen molar-refractivity contribution in [1.82, 2.24) is 15.2 Å². The minimum absolute atomic E-state index is 0.148. The molecule has 0 aliphatic rings. The van der Waals surface area contributed by atoms with E-state index < -0.39 is 0 Å². The second-order valence-electron chi connectivity index (χ2n) is 4.78. The zero-order valence-electron chi connectivity index (χ0n) is 11.9. The van der Waals surface area contributed by atoms with E-state index in [1.807, 2.05) is 19.2 Å². The highest BCUT2D eigenvalue weighted by atomic mass is 32.1. The van der Waals surface area contributed by atoms with Gasteiger partial charge in [-0.1, -0.05) is 25.1 Å². The molecule has 0 aliphatic carbocycles. The summed E-state index contributed by atoms with van der Waals surface area (Å²) in [6.07, 6.45) is 0. The van der Waals surface area contributed by atoms with Gasteiger partial charge in [-0.05, 0) is 19.7 Å². The third-order valence-corrected chi connectivity index (χ3v) is 3.85. The minimum Gasteiger partial charge on any atom is -0.311 e. The van der Waals surface area contributed by atoms with Crippen LogP contribution in [0.4, 0.5) is 4.39 Å². The molecule has 0 fully saturated rings. The van der Waals surface area contributed by atoms with E-state index in [1.165, 1.54) is 6.07 Å². The van der Waals surface area contributed by atoms with E-state index >= 15 is 0 Å². The van der Waals surface area contributed by atoms with E-state index in [2.05, 4.69) is 27.5 Å². The van der Waals surface area contributed by atoms with Crippen LogP contribution < -0.4 is 5.32 Å². The molecule has 0 bridgehead atoms. The normalized spacial score (nSPS) is 11.2. The third-order valence-electron chi connectivity index (χ3n) is 2.96. The summed E-state index contributed by atoms with van der Waals surface area (Å²) in [6.45, 7) is 5.17. The summed E-state index contributed by atoms with van der Waals surface area (Å²) >= 11 is 1.67. The summed E-state index contributed by atoms with van der Waals surface area (Å²) in [5, 5.41) is 6.44. The number of nitrogens with zero attached hydrogens (tertiary/aromatic N) is 2. The summed E-state index contributed by atoms with van der Waals surface area (Å²) in [7, 11) is 1.98. The lowest BCUT2D eigenvalue weighted by molar-refractivity contribution is 0.310. The van der Waals surface area contributed by atoms with Gasteiger partial charge < -0.3 is 5.32 Å². The van der Waals surface area contributed by atoms with Crippen molar-refractivity contribution in [3.05, 3.63) is 51.7 Å². The Labute approximate surface area is 123 Å². The van der Waals surface area contributed by atoms with Gasteiger partial charge in [0.2, 0.25) is 0 Å². The Balaban J connectivity index is 1.89. The molecule has 20 heavy (non-hydrogen) atoms. The first-order valence-corrected chi connectivity index (χ1v) is 7.63. The topological polar surface area (TPSA) is 28.2 Å². The minimum atomic E-state index is -0.148. The number of hydrogen-bond acceptors (Lipinski definition) is 4. The van der Waals surface area contributed by atoms with E-state index in [4.69, 9.17) is 0 Å². The average Bonchev–Trinajstić information content (AvgIpc) is 2.86. The Morgan fingerprint density at radius 2 is 2.10 bits per heavy atom. The zero-order chi connectivity index (χ0) is 14.4. The van der Waals surface area contributed by atoms with Crippen molar-refractivity contribution in [1.29, 1.82) is 0 Å². The van der Waals surface area contributed by atoms with Crippen molar-refractivity contribution in [2.75, 3.05) is 13.6 Å². The van der Waals surface area contributed by atoms with Crippen LogP contribution in [0.5, 0.6) is 0 Å². The second-order valence-corrected chi connectivity index (χ2v) is 5.72. The third kappa shape index (κ3) is 4.37. The van der Waals surface area contributed by atoms with Gasteiger partial charge in [-0.2, -0.15) is 0 Å². The highest BCUT2D eigenvalue weighted by molar-refractivity contribution is 7.09. The van der Waals surface area contributed by atoms with E-state index in [-0.39, 0.29) is 5.82 Å². The molecule has 1 aromatic heterocycles. The van der Waals surface area contributed by atoms with E-state index in [0.717, 1.165) is 35.9 Å². The number of halogens is 1. The summed E-state index contributed by atoms with van der Waals surface area (Å²) in [4.78, 5) is 6.65. The van der Waals surface area contributed by atoms with Gasteiger partial charge in [-0.15, -0.1) is 11.3 Å². The maximum absolute atomic E-state index is 13.6. The fraction of sp³-hybridized carbons (Fsp3) is 0.400. The SMILES string of the molecule is CCNCc1nc(CN(C)Cc2ccccc2F)cs1. The Hall–Kier alpha value is -1.30. The van der Waals surface area contributed by atoms with Gasteiger partial charge in [-0.25, -0.2) is 9.37 Å². The van der Waals surface area contributed by atoms with Gasteiger partial charge in [0.25, 0.3) is 0 Å². The first kappa shape index (κ1) is 15.1. The molecular formula is C15H20FN3S. The van der Waals surface area contributed by atoms with Crippen LogP contribution in [-0.4, -0.2) is 23.5 Å². The summed E-state index contributed by atoms with van der Waals surface area (Å²) in [5.74, 6) is -0.148. The van der Waals surface area contributed by atoms with Crippen molar-refractivity contribution in [3.63, 3.8) is 0 Å². The van der Waals surface area contributed by atoms with E-state index in [0.29, 0.717) is 6.54 Å². The Morgan fingerprint density at radius 3 is 2.85 bits per heavy atom. The molecular weight excluding hydrogens is 273 g/mol. The van der Waals surface area contributed by atoms with Crippen LogP contribution >= 0.6 is 11.3 Å². The summed E-state index contributed by atoms with van der Waals surface area (Å²) in [6, 6.07) is 6.90. The lowest BCUT2D eigenvalue weighted by Gasteiger charge is -2.15. The monoisotopic (exact) mass is 293 g/mol. The molecule has 1 heterocycles. The average molecular weight is 293 g/mol. The van der Waals surface area contributed by atoms with Crippen LogP contribution in [-0.2, 0) is 19.6 Å². The van der Waals surface area contributed by atoms with Crippen LogP contribution in [0.25, 0.3) is 0 Å². The molecule has 0 spiro atoms. The highest BCUT2D eigenvalue weighted by Crippen LogP contribution is 2.14. The van der Waals surface area contributed by atoms with Crippen LogP contribution in [0.1, 0.15) is 23.2 Å². The number of hydrogen-bond donors (Lipinski definition) is 1. The van der Waals surface area contributed by atoms with Crippen LogP contribution in [0.3, 0.4) is 0 Å². The molecule has 2 rings (SSSR count). The van der Waals surface area contributed by atoms with Gasteiger partial charge in [0.05, 0.1) is 5.69 Å². The van der Waals surface area contributed by atoms with Crippen molar-refractivity contribution in [3.8, 4) is 0 Å². The first-order valence-electron chi connectivity index (χ1n) is 6.75. The van der Waals surface area contributed by atoms with Gasteiger partial charge in [-0.3, -0.25) is 4.90 Å². The lowest BCUT2D eigenvalue weighted by atomic mass is 10.2. The number of aromatic nitrogens is 1. The smallest absolute Gasteiger partial charge is 0.127 e. The van der Waals surface area contributed by atoms with Gasteiger partial charge in [0.1, 0.15) is 10.8 Å². The van der Waals surface area contributed by atoms with Gasteiger partial charge >= 0.3 is 0 Å². The number of benzene rings is 1. The molecule has 5 heteroatoms. The number of rotatable bonds is 7. The van der Waals surface area contributed by atoms with Crippen molar-refractivity contribution in [2.45, 2.75) is 26.6 Å². The molecule has 108 valence electrons. The Morgan fingerprint density at radius 1 is 1.30 bits per heavy atom. The lowest BCUT2D eigenvalue weighted by Crippen LogP contribution is -2.18. The van der Waals surface area contributed by atoms with Crippen LogP contribution in [0, 0.1) is 5.82 Å². The Bertz CT molecular complexity index is 541.